The largest absolute Gasteiger partial charge is 0.458 e. The Kier molecular flexibility index (Phi) is 4.18. The van der Waals surface area contributed by atoms with Crippen LogP contribution in [-0.4, -0.2) is 39.4 Å². The minimum absolute atomic E-state index is 2.97. The quantitative estimate of drug-likeness (QED) is 0.423. The third-order valence-corrected chi connectivity index (χ3v) is 3.88. The highest BCUT2D eigenvalue weighted by Crippen LogP contribution is 2.71. The van der Waals surface area contributed by atoms with Gasteiger partial charge in [-0.25, -0.2) is 4.39 Å². The average Bonchev–Trinajstić information content (AvgIpc) is 2.33. The van der Waals surface area contributed by atoms with Gasteiger partial charge < -0.3 is 4.74 Å². The van der Waals surface area contributed by atoms with E-state index in [2.05, 4.69) is 39.5 Å². The molecule has 0 radical (unpaired) electrons. The highest BCUT2D eigenvalue weighted by Gasteiger charge is 2.98. The topological polar surface area (TPSA) is 9.23 Å². The number of halogens is 14. The Bertz CT molecular complexity index is 471. The van der Waals surface area contributed by atoms with Crippen LogP contribution >= 0.6 is 34.8 Å². The van der Waals surface area contributed by atoms with E-state index in [0.717, 1.165) is 0 Å². The van der Waals surface area contributed by atoms with Crippen LogP contribution in [0.2, 0.25) is 0 Å². The lowest BCUT2D eigenvalue weighted by Gasteiger charge is -2.37. The Hall–Kier alpha value is 0.0600. The third kappa shape index (κ3) is 2.02. The molecule has 15 heteroatoms. The molecule has 0 N–H and O–H groups in total. The van der Waals surface area contributed by atoms with Gasteiger partial charge in [-0.1, -0.05) is 34.8 Å². The summed E-state index contributed by atoms with van der Waals surface area (Å²) in [6, 6.07) is 0. The zero-order valence-corrected chi connectivity index (χ0v) is 11.5. The van der Waals surface area contributed by atoms with Crippen LogP contribution in [-0.2, 0) is 4.74 Å². The van der Waals surface area contributed by atoms with E-state index in [9.17, 15) is 48.3 Å². The predicted octanol–water partition coefficient (Wildman–Crippen LogP) is 5.19. The lowest BCUT2D eigenvalue weighted by molar-refractivity contribution is -0.360. The highest BCUT2D eigenvalue weighted by atomic mass is 35.5. The lowest BCUT2D eigenvalue weighted by Crippen LogP contribution is -2.68. The molecule has 22 heavy (non-hydrogen) atoms. The van der Waals surface area contributed by atoms with Crippen molar-refractivity contribution >= 4 is 34.8 Å². The molecular weight excluding hydrogens is 415 g/mol. The first kappa shape index (κ1) is 20.1. The summed E-state index contributed by atoms with van der Waals surface area (Å²) in [6.07, 6.45) is -13.7. The minimum Gasteiger partial charge on any atom is -0.309 e. The van der Waals surface area contributed by atoms with Gasteiger partial charge in [0.2, 0.25) is 0 Å². The van der Waals surface area contributed by atoms with E-state index < -0.39 is 39.4 Å². The van der Waals surface area contributed by atoms with E-state index in [1.807, 2.05) is 0 Å². The Morgan fingerprint density at radius 1 is 0.727 bits per heavy atom. The van der Waals surface area contributed by atoms with Crippen molar-refractivity contribution in [2.45, 2.75) is 39.4 Å². The fourth-order valence-corrected chi connectivity index (χ4v) is 2.62. The van der Waals surface area contributed by atoms with Gasteiger partial charge in [0.15, 0.2) is 0 Å². The van der Waals surface area contributed by atoms with Gasteiger partial charge in [0.25, 0.3) is 9.58 Å². The summed E-state index contributed by atoms with van der Waals surface area (Å²) in [5, 5.41) is -5.88. The van der Waals surface area contributed by atoms with Gasteiger partial charge >= 0.3 is 29.9 Å². The molecule has 1 rings (SSSR count). The van der Waals surface area contributed by atoms with Gasteiger partial charge in [0.05, 0.1) is 0 Å². The summed E-state index contributed by atoms with van der Waals surface area (Å²) in [5.41, 5.74) is -6.35. The van der Waals surface area contributed by atoms with E-state index in [4.69, 9.17) is 0 Å². The van der Waals surface area contributed by atoms with Crippen molar-refractivity contribution in [2.75, 3.05) is 0 Å². The van der Waals surface area contributed by atoms with Crippen molar-refractivity contribution in [1.29, 1.82) is 0 Å². The van der Waals surface area contributed by atoms with Crippen LogP contribution in [0.25, 0.3) is 0 Å². The van der Waals surface area contributed by atoms with Crippen molar-refractivity contribution in [3.63, 3.8) is 0 Å². The molecule has 0 unspecified atom stereocenters. The second-order valence-electron chi connectivity index (χ2n) is 4.02. The van der Waals surface area contributed by atoms with Gasteiger partial charge in [-0.15, -0.1) is 0 Å². The van der Waals surface area contributed by atoms with Gasteiger partial charge in [-0.2, -0.15) is 43.9 Å². The van der Waals surface area contributed by atoms with Crippen molar-refractivity contribution in [2.24, 2.45) is 0 Å². The van der Waals surface area contributed by atoms with Crippen LogP contribution in [0.15, 0.2) is 0 Å². The van der Waals surface area contributed by atoms with Gasteiger partial charge in [0.1, 0.15) is 0 Å². The first-order valence-electron chi connectivity index (χ1n) is 4.55. The zero-order chi connectivity index (χ0) is 18.2. The summed E-state index contributed by atoms with van der Waals surface area (Å²) in [6.45, 7) is 0. The molecule has 132 valence electrons. The monoisotopic (exact) mass is 414 g/mol. The SMILES string of the molecule is FC(F)(F)C(F)(F)[C@]1(Cl)OC(Cl)(Cl)[C@](F)(C(F)(F)F)C1(F)F. The molecule has 0 aliphatic carbocycles. The number of hydrogen-bond acceptors (Lipinski definition) is 1. The second kappa shape index (κ2) is 4.57. The molecule has 1 nitrogen and oxygen atoms in total. The average molecular weight is 415 g/mol. The van der Waals surface area contributed by atoms with Crippen LogP contribution in [0.4, 0.5) is 48.3 Å². The standard InChI is InChI=1S/C7Cl3F11O/c8-2(4(14,15)7(19,20)21)3(12,13)1(11,6(16,17)18)5(9,10)22-2/t1-,2+/m0/s1. The molecule has 0 bridgehead atoms. The summed E-state index contributed by atoms with van der Waals surface area (Å²) in [4.78, 5) is 0. The molecule has 0 amide bonds. The Morgan fingerprint density at radius 2 is 1.09 bits per heavy atom. The van der Waals surface area contributed by atoms with Gasteiger partial charge in [-0.05, 0) is 0 Å². The van der Waals surface area contributed by atoms with Crippen molar-refractivity contribution in [3.05, 3.63) is 0 Å². The molecule has 1 aliphatic rings. The number of hydrogen-bond donors (Lipinski definition) is 0. The Labute approximate surface area is 128 Å². The Morgan fingerprint density at radius 3 is 1.32 bits per heavy atom. The summed E-state index contributed by atoms with van der Waals surface area (Å²) in [5.74, 6) is -13.6. The smallest absolute Gasteiger partial charge is 0.309 e. The molecule has 0 aromatic heterocycles. The summed E-state index contributed by atoms with van der Waals surface area (Å²) >= 11 is 13.2. The molecule has 0 aromatic rings. The van der Waals surface area contributed by atoms with E-state index in [0.29, 0.717) is 0 Å². The van der Waals surface area contributed by atoms with Crippen molar-refractivity contribution < 1.29 is 53.0 Å². The molecular formula is C7Cl3F11O. The zero-order valence-electron chi connectivity index (χ0n) is 9.20. The van der Waals surface area contributed by atoms with Crippen LogP contribution in [0.5, 0.6) is 0 Å². The molecule has 0 aromatic carbocycles. The summed E-state index contributed by atoms with van der Waals surface area (Å²) < 4.78 is 139. The first-order valence-corrected chi connectivity index (χ1v) is 5.69. The third-order valence-electron chi connectivity index (χ3n) is 2.66. The summed E-state index contributed by atoms with van der Waals surface area (Å²) in [7, 11) is 0. The van der Waals surface area contributed by atoms with Crippen LogP contribution in [0, 0.1) is 0 Å². The molecule has 1 aliphatic heterocycles. The van der Waals surface area contributed by atoms with E-state index in [1.54, 1.807) is 0 Å². The Balaban J connectivity index is 3.72. The number of rotatable bonds is 1. The maximum absolute atomic E-state index is 13.7. The van der Waals surface area contributed by atoms with Crippen LogP contribution in [0.1, 0.15) is 0 Å². The normalized spacial score (nSPS) is 35.7. The molecule has 1 heterocycles. The van der Waals surface area contributed by atoms with E-state index in [-0.39, 0.29) is 0 Å². The lowest BCUT2D eigenvalue weighted by atomic mass is 9.92. The minimum atomic E-state index is -6.93. The molecule has 1 saturated heterocycles. The number of alkyl halides is 14. The van der Waals surface area contributed by atoms with Gasteiger partial charge in [0, 0.05) is 0 Å². The van der Waals surface area contributed by atoms with E-state index >= 15 is 0 Å². The maximum Gasteiger partial charge on any atom is 0.458 e. The molecule has 2 atom stereocenters. The molecule has 0 spiro atoms. The molecule has 1 fully saturated rings. The fraction of sp³-hybridized carbons (Fsp3) is 1.00. The van der Waals surface area contributed by atoms with E-state index in [1.165, 1.54) is 0 Å². The maximum atomic E-state index is 13.7. The van der Waals surface area contributed by atoms with Crippen molar-refractivity contribution in [1.82, 2.24) is 0 Å². The second-order valence-corrected chi connectivity index (χ2v) is 5.81. The van der Waals surface area contributed by atoms with Crippen LogP contribution in [0.3, 0.4) is 0 Å². The number of ether oxygens (including phenoxy) is 1. The van der Waals surface area contributed by atoms with Crippen molar-refractivity contribution in [3.8, 4) is 0 Å². The predicted molar refractivity (Wildman–Crippen MR) is 49.9 cm³/mol. The highest BCUT2D eigenvalue weighted by molar-refractivity contribution is 6.49. The molecule has 0 saturated carbocycles. The van der Waals surface area contributed by atoms with Gasteiger partial charge in [-0.3, -0.25) is 0 Å². The fourth-order valence-electron chi connectivity index (χ4n) is 1.50. The first-order chi connectivity index (χ1) is 9.21. The van der Waals surface area contributed by atoms with Crippen LogP contribution < -0.4 is 0 Å².